The first kappa shape index (κ1) is 7.60. The van der Waals surface area contributed by atoms with Crippen molar-refractivity contribution in [3.63, 3.8) is 0 Å². The van der Waals surface area contributed by atoms with Crippen molar-refractivity contribution in [2.45, 2.75) is 32.6 Å². The molecule has 0 heterocycles. The smallest absolute Gasteiger partial charge is 0.225 e. The fourth-order valence-corrected chi connectivity index (χ4v) is 3.25. The summed E-state index contributed by atoms with van der Waals surface area (Å²) in [4.78, 5) is 11.0. The largest absolute Gasteiger partial charge is 0.281 e. The highest BCUT2D eigenvalue weighted by Crippen LogP contribution is 2.57. The SMILES string of the molecule is CC12CCC(CC1C(=O)Cl)C2. The topological polar surface area (TPSA) is 17.1 Å². The van der Waals surface area contributed by atoms with Crippen LogP contribution < -0.4 is 0 Å². The van der Waals surface area contributed by atoms with Crippen LogP contribution in [0.5, 0.6) is 0 Å². The molecule has 2 aliphatic rings. The molecule has 0 aromatic carbocycles. The van der Waals surface area contributed by atoms with Gasteiger partial charge in [-0.25, -0.2) is 0 Å². The van der Waals surface area contributed by atoms with E-state index in [0.29, 0.717) is 0 Å². The Balaban J connectivity index is 2.21. The van der Waals surface area contributed by atoms with E-state index < -0.39 is 0 Å². The van der Waals surface area contributed by atoms with Gasteiger partial charge in [0.15, 0.2) is 0 Å². The molecule has 0 aliphatic heterocycles. The number of hydrogen-bond acceptors (Lipinski definition) is 1. The van der Waals surface area contributed by atoms with E-state index in [0.717, 1.165) is 12.3 Å². The minimum Gasteiger partial charge on any atom is -0.281 e. The molecular formula is C9H13ClO. The summed E-state index contributed by atoms with van der Waals surface area (Å²) in [5.41, 5.74) is 0.267. The maximum Gasteiger partial charge on any atom is 0.225 e. The summed E-state index contributed by atoms with van der Waals surface area (Å²) in [7, 11) is 0. The van der Waals surface area contributed by atoms with Gasteiger partial charge in [0.25, 0.3) is 0 Å². The molecule has 1 nitrogen and oxygen atoms in total. The molecule has 2 rings (SSSR count). The number of fused-ring (bicyclic) bond motifs is 2. The fourth-order valence-electron chi connectivity index (χ4n) is 2.90. The lowest BCUT2D eigenvalue weighted by Gasteiger charge is -2.28. The zero-order valence-corrected chi connectivity index (χ0v) is 7.53. The van der Waals surface area contributed by atoms with E-state index in [1.807, 2.05) is 0 Å². The molecule has 0 aromatic rings. The van der Waals surface area contributed by atoms with Crippen molar-refractivity contribution >= 4 is 16.8 Å². The molecule has 0 radical (unpaired) electrons. The van der Waals surface area contributed by atoms with Gasteiger partial charge in [-0.2, -0.15) is 0 Å². The van der Waals surface area contributed by atoms with E-state index >= 15 is 0 Å². The monoisotopic (exact) mass is 172 g/mol. The summed E-state index contributed by atoms with van der Waals surface area (Å²) in [6.07, 6.45) is 4.81. The Morgan fingerprint density at radius 1 is 1.64 bits per heavy atom. The Hall–Kier alpha value is -0.0400. The van der Waals surface area contributed by atoms with Crippen LogP contribution in [0.2, 0.25) is 0 Å². The van der Waals surface area contributed by atoms with Crippen LogP contribution in [0, 0.1) is 17.3 Å². The molecule has 2 aliphatic carbocycles. The summed E-state index contributed by atoms with van der Waals surface area (Å²) in [5.74, 6) is 0.968. The average molecular weight is 173 g/mol. The van der Waals surface area contributed by atoms with Crippen LogP contribution in [-0.2, 0) is 4.79 Å². The predicted molar refractivity (Wildman–Crippen MR) is 44.4 cm³/mol. The quantitative estimate of drug-likeness (QED) is 0.556. The molecule has 2 bridgehead atoms. The fraction of sp³-hybridized carbons (Fsp3) is 0.889. The first-order valence-electron chi connectivity index (χ1n) is 4.31. The normalized spacial score (nSPS) is 48.2. The van der Waals surface area contributed by atoms with Gasteiger partial charge in [0, 0.05) is 5.92 Å². The third-order valence-corrected chi connectivity index (χ3v) is 3.83. The molecular weight excluding hydrogens is 160 g/mol. The van der Waals surface area contributed by atoms with Crippen LogP contribution in [0.4, 0.5) is 0 Å². The van der Waals surface area contributed by atoms with Crippen molar-refractivity contribution in [3.05, 3.63) is 0 Å². The van der Waals surface area contributed by atoms with Crippen LogP contribution in [-0.4, -0.2) is 5.24 Å². The van der Waals surface area contributed by atoms with Gasteiger partial charge in [0.1, 0.15) is 0 Å². The highest BCUT2D eigenvalue weighted by Gasteiger charge is 2.51. The van der Waals surface area contributed by atoms with E-state index in [1.165, 1.54) is 19.3 Å². The van der Waals surface area contributed by atoms with Crippen molar-refractivity contribution in [1.29, 1.82) is 0 Å². The Bertz CT molecular complexity index is 202. The van der Waals surface area contributed by atoms with Crippen molar-refractivity contribution in [3.8, 4) is 0 Å². The molecule has 0 saturated heterocycles. The number of carbonyl (C=O) groups excluding carboxylic acids is 1. The number of carbonyl (C=O) groups is 1. The Morgan fingerprint density at radius 3 is 2.64 bits per heavy atom. The van der Waals surface area contributed by atoms with Gasteiger partial charge in [-0.1, -0.05) is 6.92 Å². The molecule has 3 atom stereocenters. The maximum atomic E-state index is 11.0. The lowest BCUT2D eigenvalue weighted by molar-refractivity contribution is -0.118. The molecule has 11 heavy (non-hydrogen) atoms. The highest BCUT2D eigenvalue weighted by molar-refractivity contribution is 6.64. The maximum absolute atomic E-state index is 11.0. The third kappa shape index (κ3) is 1.01. The first-order chi connectivity index (χ1) is 5.12. The molecule has 2 heteroatoms. The summed E-state index contributed by atoms with van der Waals surface area (Å²) in [5, 5.41) is -0.102. The standard InChI is InChI=1S/C9H13ClO/c1-9-3-2-6(5-9)4-7(9)8(10)11/h6-7H,2-5H2,1H3. The number of hydrogen-bond donors (Lipinski definition) is 0. The van der Waals surface area contributed by atoms with Crippen molar-refractivity contribution in [2.75, 3.05) is 0 Å². The third-order valence-electron chi connectivity index (χ3n) is 3.56. The molecule has 2 fully saturated rings. The van der Waals surface area contributed by atoms with Gasteiger partial charge < -0.3 is 0 Å². The van der Waals surface area contributed by atoms with E-state index in [4.69, 9.17) is 11.6 Å². The van der Waals surface area contributed by atoms with Gasteiger partial charge in [-0.05, 0) is 48.6 Å². The molecule has 0 N–H and O–H groups in total. The van der Waals surface area contributed by atoms with Crippen LogP contribution in [0.3, 0.4) is 0 Å². The predicted octanol–water partition coefficient (Wildman–Crippen LogP) is 2.58. The van der Waals surface area contributed by atoms with Gasteiger partial charge >= 0.3 is 0 Å². The second-order valence-electron chi connectivity index (χ2n) is 4.36. The minimum absolute atomic E-state index is 0.102. The molecule has 2 saturated carbocycles. The molecule has 62 valence electrons. The lowest BCUT2D eigenvalue weighted by Crippen LogP contribution is -2.26. The van der Waals surface area contributed by atoms with Crippen molar-refractivity contribution in [1.82, 2.24) is 0 Å². The number of halogens is 1. The van der Waals surface area contributed by atoms with E-state index in [1.54, 1.807) is 0 Å². The Labute approximate surface area is 72.1 Å². The van der Waals surface area contributed by atoms with E-state index in [9.17, 15) is 4.79 Å². The lowest BCUT2D eigenvalue weighted by atomic mass is 9.77. The van der Waals surface area contributed by atoms with Crippen molar-refractivity contribution < 1.29 is 4.79 Å². The summed E-state index contributed by atoms with van der Waals surface area (Å²) in [6, 6.07) is 0. The number of rotatable bonds is 1. The van der Waals surface area contributed by atoms with Crippen molar-refractivity contribution in [2.24, 2.45) is 17.3 Å². The summed E-state index contributed by atoms with van der Waals surface area (Å²) in [6.45, 7) is 2.21. The first-order valence-corrected chi connectivity index (χ1v) is 4.69. The van der Waals surface area contributed by atoms with E-state index in [-0.39, 0.29) is 16.6 Å². The molecule has 0 aromatic heterocycles. The minimum atomic E-state index is -0.102. The molecule has 0 amide bonds. The van der Waals surface area contributed by atoms with Crippen LogP contribution in [0.1, 0.15) is 32.6 Å². The second-order valence-corrected chi connectivity index (χ2v) is 4.73. The Kier molecular flexibility index (Phi) is 1.54. The van der Waals surface area contributed by atoms with Gasteiger partial charge in [-0.3, -0.25) is 4.79 Å². The average Bonchev–Trinajstić information content (AvgIpc) is 2.41. The molecule has 0 spiro atoms. The Morgan fingerprint density at radius 2 is 2.36 bits per heavy atom. The van der Waals surface area contributed by atoms with Gasteiger partial charge in [-0.15, -0.1) is 0 Å². The zero-order chi connectivity index (χ0) is 8.06. The summed E-state index contributed by atoms with van der Waals surface area (Å²) < 4.78 is 0. The van der Waals surface area contributed by atoms with Crippen LogP contribution in [0.25, 0.3) is 0 Å². The van der Waals surface area contributed by atoms with Gasteiger partial charge in [0.05, 0.1) is 0 Å². The van der Waals surface area contributed by atoms with E-state index in [2.05, 4.69) is 6.92 Å². The van der Waals surface area contributed by atoms with Crippen LogP contribution >= 0.6 is 11.6 Å². The summed E-state index contributed by atoms with van der Waals surface area (Å²) >= 11 is 5.53. The van der Waals surface area contributed by atoms with Crippen LogP contribution in [0.15, 0.2) is 0 Å². The highest BCUT2D eigenvalue weighted by atomic mass is 35.5. The van der Waals surface area contributed by atoms with Gasteiger partial charge in [0.2, 0.25) is 5.24 Å². The zero-order valence-electron chi connectivity index (χ0n) is 6.77. The molecule has 3 unspecified atom stereocenters. The second kappa shape index (κ2) is 2.22.